The molecule has 1 atom stereocenters. The second kappa shape index (κ2) is 10.2. The van der Waals surface area contributed by atoms with Crippen molar-refractivity contribution in [2.75, 3.05) is 13.7 Å². The highest BCUT2D eigenvalue weighted by Gasteiger charge is 2.24. The number of hydrogen-bond donors (Lipinski definition) is 1. The Bertz CT molecular complexity index is 770. The third-order valence-corrected chi connectivity index (χ3v) is 3.69. The zero-order chi connectivity index (χ0) is 19.6. The number of esters is 1. The van der Waals surface area contributed by atoms with E-state index in [0.717, 1.165) is 5.56 Å². The second-order valence-electron chi connectivity index (χ2n) is 5.32. The number of pyridine rings is 1. The highest BCUT2D eigenvalue weighted by molar-refractivity contribution is 6.28. The highest BCUT2D eigenvalue weighted by atomic mass is 35.5. The van der Waals surface area contributed by atoms with E-state index in [0.29, 0.717) is 4.73 Å². The van der Waals surface area contributed by atoms with Crippen LogP contribution in [0.1, 0.15) is 12.0 Å². The van der Waals surface area contributed by atoms with Crippen molar-refractivity contribution in [1.82, 2.24) is 0 Å². The summed E-state index contributed by atoms with van der Waals surface area (Å²) in [6.07, 6.45) is -0.686. The summed E-state index contributed by atoms with van der Waals surface area (Å²) in [5.74, 6) is -0.473. The molecule has 2 aromatic rings. The Morgan fingerprint density at radius 3 is 2.56 bits per heavy atom. The van der Waals surface area contributed by atoms with Crippen molar-refractivity contribution in [2.24, 2.45) is 0 Å². The molecule has 0 saturated heterocycles. The van der Waals surface area contributed by atoms with E-state index < -0.39 is 18.2 Å². The molecule has 0 spiro atoms. The number of halogens is 1. The molecular weight excluding hydrogens is 378 g/mol. The normalized spacial score (nSPS) is 11.3. The van der Waals surface area contributed by atoms with Crippen LogP contribution in [-0.2, 0) is 25.6 Å². The molecule has 0 fully saturated rings. The summed E-state index contributed by atoms with van der Waals surface area (Å²) < 4.78 is 20.7. The molecule has 27 heavy (non-hydrogen) atoms. The lowest BCUT2D eigenvalue weighted by molar-refractivity contribution is -0.903. The van der Waals surface area contributed by atoms with Gasteiger partial charge in [-0.05, 0) is 23.2 Å². The Hall–Kier alpha value is -3.00. The van der Waals surface area contributed by atoms with Crippen molar-refractivity contribution >= 4 is 23.7 Å². The SMILES string of the molecule is COC(=O)C(CCOC(=O)OCc1ccccc1)Oc1ccc(Cl)[n+](O)c1. The van der Waals surface area contributed by atoms with Gasteiger partial charge in [-0.15, -0.1) is 0 Å². The van der Waals surface area contributed by atoms with Crippen molar-refractivity contribution in [3.05, 3.63) is 59.4 Å². The third kappa shape index (κ3) is 6.67. The summed E-state index contributed by atoms with van der Waals surface area (Å²) in [5, 5.41) is 9.58. The molecule has 0 radical (unpaired) electrons. The molecule has 1 unspecified atom stereocenters. The second-order valence-corrected chi connectivity index (χ2v) is 5.71. The molecule has 1 aromatic heterocycles. The van der Waals surface area contributed by atoms with Gasteiger partial charge < -0.3 is 18.9 Å². The fourth-order valence-corrected chi connectivity index (χ4v) is 2.16. The minimum atomic E-state index is -1.04. The van der Waals surface area contributed by atoms with Gasteiger partial charge in [0.2, 0.25) is 0 Å². The molecular formula is C18H19ClNO7+. The van der Waals surface area contributed by atoms with E-state index in [1.54, 1.807) is 0 Å². The van der Waals surface area contributed by atoms with Crippen LogP contribution >= 0.6 is 11.6 Å². The predicted octanol–water partition coefficient (Wildman–Crippen LogP) is 2.53. The molecule has 0 bridgehead atoms. The molecule has 1 heterocycles. The van der Waals surface area contributed by atoms with Gasteiger partial charge in [-0.1, -0.05) is 30.3 Å². The number of rotatable bonds is 8. The van der Waals surface area contributed by atoms with E-state index in [-0.39, 0.29) is 30.5 Å². The van der Waals surface area contributed by atoms with E-state index >= 15 is 0 Å². The third-order valence-electron chi connectivity index (χ3n) is 3.40. The Balaban J connectivity index is 1.82. The molecule has 1 aromatic carbocycles. The van der Waals surface area contributed by atoms with E-state index in [4.69, 9.17) is 25.8 Å². The summed E-state index contributed by atoms with van der Waals surface area (Å²) in [5.41, 5.74) is 0.824. The van der Waals surface area contributed by atoms with Gasteiger partial charge in [0.15, 0.2) is 11.9 Å². The molecule has 0 aliphatic rings. The number of carbonyl (C=O) groups is 2. The zero-order valence-corrected chi connectivity index (χ0v) is 15.3. The molecule has 144 valence electrons. The van der Waals surface area contributed by atoms with Crippen molar-refractivity contribution in [3.63, 3.8) is 0 Å². The van der Waals surface area contributed by atoms with E-state index in [9.17, 15) is 14.8 Å². The Labute approximate surface area is 160 Å². The van der Waals surface area contributed by atoms with Gasteiger partial charge in [-0.25, -0.2) is 9.59 Å². The van der Waals surface area contributed by atoms with Crippen molar-refractivity contribution in [1.29, 1.82) is 0 Å². The fraction of sp³-hybridized carbons (Fsp3) is 0.278. The van der Waals surface area contributed by atoms with Crippen molar-refractivity contribution in [3.8, 4) is 5.75 Å². The fourth-order valence-electron chi connectivity index (χ4n) is 2.05. The largest absolute Gasteiger partial charge is 0.508 e. The maximum Gasteiger partial charge on any atom is 0.508 e. The molecule has 0 aliphatic heterocycles. The van der Waals surface area contributed by atoms with Crippen LogP contribution in [-0.4, -0.2) is 37.2 Å². The molecule has 9 heteroatoms. The lowest BCUT2D eigenvalue weighted by Crippen LogP contribution is -2.34. The van der Waals surface area contributed by atoms with Gasteiger partial charge in [0.25, 0.3) is 6.20 Å². The summed E-state index contributed by atoms with van der Waals surface area (Å²) in [6, 6.07) is 12.0. The first-order valence-corrected chi connectivity index (χ1v) is 8.36. The minimum absolute atomic E-state index is 0.0289. The number of ether oxygens (including phenoxy) is 4. The van der Waals surface area contributed by atoms with E-state index in [1.807, 2.05) is 30.3 Å². The maximum absolute atomic E-state index is 11.8. The van der Waals surface area contributed by atoms with E-state index in [1.165, 1.54) is 25.4 Å². The average molecular weight is 397 g/mol. The Morgan fingerprint density at radius 1 is 1.15 bits per heavy atom. The maximum atomic E-state index is 11.8. The van der Waals surface area contributed by atoms with Gasteiger partial charge in [-0.2, -0.15) is 0 Å². The standard InChI is InChI=1S/C18H19ClNO7/c1-24-17(21)15(27-14-7-8-16(19)20(23)11-14)9-10-25-18(22)26-12-13-5-3-2-4-6-13/h2-8,11,15,23H,9-10,12H2,1H3/q+1. The number of methoxy groups -OCH3 is 1. The zero-order valence-electron chi connectivity index (χ0n) is 14.5. The molecule has 2 rings (SSSR count). The monoisotopic (exact) mass is 396 g/mol. The highest BCUT2D eigenvalue weighted by Crippen LogP contribution is 2.14. The molecule has 1 N–H and O–H groups in total. The van der Waals surface area contributed by atoms with Gasteiger partial charge in [0, 0.05) is 17.2 Å². The van der Waals surface area contributed by atoms with Crippen LogP contribution in [0.25, 0.3) is 0 Å². The van der Waals surface area contributed by atoms with Gasteiger partial charge in [0.1, 0.15) is 6.61 Å². The number of carbonyl (C=O) groups excluding carboxylic acids is 2. The van der Waals surface area contributed by atoms with Gasteiger partial charge in [-0.3, -0.25) is 5.21 Å². The summed E-state index contributed by atoms with van der Waals surface area (Å²) in [4.78, 5) is 23.5. The lowest BCUT2D eigenvalue weighted by atomic mass is 10.2. The lowest BCUT2D eigenvalue weighted by Gasteiger charge is -2.15. The van der Waals surface area contributed by atoms with Crippen LogP contribution in [0, 0.1) is 0 Å². The number of aromatic nitrogens is 1. The molecule has 8 nitrogen and oxygen atoms in total. The van der Waals surface area contributed by atoms with Crippen molar-refractivity contribution < 1.29 is 38.5 Å². The van der Waals surface area contributed by atoms with E-state index in [2.05, 4.69) is 4.74 Å². The van der Waals surface area contributed by atoms with Crippen LogP contribution in [0.3, 0.4) is 0 Å². The minimum Gasteiger partial charge on any atom is -0.472 e. The first-order chi connectivity index (χ1) is 13.0. The smallest absolute Gasteiger partial charge is 0.472 e. The molecule has 0 aliphatic carbocycles. The number of nitrogens with zero attached hydrogens (tertiary/aromatic N) is 1. The molecule has 0 amide bonds. The van der Waals surface area contributed by atoms with Gasteiger partial charge in [0.05, 0.1) is 13.7 Å². The number of benzene rings is 1. The topological polar surface area (TPSA) is 95.2 Å². The van der Waals surface area contributed by atoms with Gasteiger partial charge >= 0.3 is 17.3 Å². The molecule has 0 saturated carbocycles. The summed E-state index contributed by atoms with van der Waals surface area (Å²) in [7, 11) is 1.21. The Morgan fingerprint density at radius 2 is 1.89 bits per heavy atom. The van der Waals surface area contributed by atoms with Crippen LogP contribution < -0.4 is 9.47 Å². The first kappa shape index (κ1) is 20.3. The first-order valence-electron chi connectivity index (χ1n) is 7.98. The van der Waals surface area contributed by atoms with Crippen LogP contribution in [0.5, 0.6) is 5.75 Å². The predicted molar refractivity (Wildman–Crippen MR) is 92.5 cm³/mol. The Kier molecular flexibility index (Phi) is 7.69. The summed E-state index contributed by atoms with van der Waals surface area (Å²) >= 11 is 5.69. The van der Waals surface area contributed by atoms with Crippen LogP contribution in [0.4, 0.5) is 4.79 Å². The average Bonchev–Trinajstić information content (AvgIpc) is 2.68. The quantitative estimate of drug-likeness (QED) is 0.317. The van der Waals surface area contributed by atoms with Crippen LogP contribution in [0.2, 0.25) is 5.15 Å². The number of hydrogen-bond acceptors (Lipinski definition) is 7. The van der Waals surface area contributed by atoms with Crippen molar-refractivity contribution in [2.45, 2.75) is 19.1 Å². The summed E-state index contributed by atoms with van der Waals surface area (Å²) in [6.45, 7) is -0.0437. The van der Waals surface area contributed by atoms with Crippen LogP contribution in [0.15, 0.2) is 48.7 Å².